The molecular weight excluding hydrogens is 692 g/mol. The molecule has 52 heavy (non-hydrogen) atoms. The number of benzene rings is 4. The molecule has 7 nitrogen and oxygen atoms in total. The van der Waals surface area contributed by atoms with E-state index in [9.17, 15) is 13.0 Å². The summed E-state index contributed by atoms with van der Waals surface area (Å²) >= 11 is 0. The Morgan fingerprint density at radius 2 is 1.12 bits per heavy atom. The maximum absolute atomic E-state index is 12.9. The molecule has 4 aromatic rings. The summed E-state index contributed by atoms with van der Waals surface area (Å²) in [6.45, 7) is 13.3. The Kier molecular flexibility index (Phi) is 11.9. The highest BCUT2D eigenvalue weighted by atomic mass is 32.2. The number of methoxy groups -OCH3 is 4. The van der Waals surface area contributed by atoms with Crippen molar-refractivity contribution in [3.63, 3.8) is 0 Å². The van der Waals surface area contributed by atoms with Gasteiger partial charge in [-0.2, -0.15) is 8.42 Å². The SMILES string of the molecule is COc1cccc(OC)c1-c1cccc(-c2c(OC)cccc2OC)c1C1(C(C)C)C=C(C(C)C)C=C(C(C)C)C1Pc1ccccc1S(=O)(=O)O. The van der Waals surface area contributed by atoms with Crippen LogP contribution in [-0.2, 0) is 15.5 Å². The molecule has 0 fully saturated rings. The zero-order chi connectivity index (χ0) is 38.0. The van der Waals surface area contributed by atoms with Crippen LogP contribution in [-0.4, -0.2) is 47.1 Å². The predicted molar refractivity (Wildman–Crippen MR) is 214 cm³/mol. The summed E-state index contributed by atoms with van der Waals surface area (Å²) in [5, 5.41) is 0.580. The third-order valence-corrected chi connectivity index (χ3v) is 13.1. The normalized spacial score (nSPS) is 17.8. The first-order valence-electron chi connectivity index (χ1n) is 17.6. The Hall–Kier alpha value is -4.10. The molecule has 1 aliphatic rings. The average molecular weight is 743 g/mol. The van der Waals surface area contributed by atoms with Crippen LogP contribution in [0.3, 0.4) is 0 Å². The van der Waals surface area contributed by atoms with Gasteiger partial charge in [0.2, 0.25) is 0 Å². The van der Waals surface area contributed by atoms with E-state index in [0.29, 0.717) is 28.3 Å². The van der Waals surface area contributed by atoms with Gasteiger partial charge >= 0.3 is 0 Å². The van der Waals surface area contributed by atoms with Crippen LogP contribution < -0.4 is 24.3 Å². The van der Waals surface area contributed by atoms with Crippen molar-refractivity contribution in [2.45, 2.75) is 57.5 Å². The Morgan fingerprint density at radius 1 is 0.654 bits per heavy atom. The molecule has 1 N–H and O–H groups in total. The number of hydrogen-bond acceptors (Lipinski definition) is 6. The lowest BCUT2D eigenvalue weighted by Crippen LogP contribution is -2.46. The second-order valence-electron chi connectivity index (χ2n) is 14.0. The molecule has 0 amide bonds. The fourth-order valence-corrected chi connectivity index (χ4v) is 10.9. The third-order valence-electron chi connectivity index (χ3n) is 10.2. The van der Waals surface area contributed by atoms with E-state index >= 15 is 0 Å². The van der Waals surface area contributed by atoms with Gasteiger partial charge in [-0.15, -0.1) is 0 Å². The molecule has 1 aliphatic carbocycles. The maximum Gasteiger partial charge on any atom is 0.295 e. The molecule has 0 radical (unpaired) electrons. The number of rotatable bonds is 13. The number of hydrogen-bond donors (Lipinski definition) is 1. The van der Waals surface area contributed by atoms with Crippen molar-refractivity contribution in [2.75, 3.05) is 28.4 Å². The monoisotopic (exact) mass is 742 g/mol. The Labute approximate surface area is 311 Å². The van der Waals surface area contributed by atoms with Crippen LogP contribution in [0.2, 0.25) is 0 Å². The molecule has 4 aromatic carbocycles. The minimum atomic E-state index is -4.50. The second kappa shape index (κ2) is 15.9. The van der Waals surface area contributed by atoms with Gasteiger partial charge in [0.1, 0.15) is 27.9 Å². The summed E-state index contributed by atoms with van der Waals surface area (Å²) in [5.74, 6) is 2.91. The molecule has 5 rings (SSSR count). The van der Waals surface area contributed by atoms with Gasteiger partial charge in [0.05, 0.1) is 39.6 Å². The van der Waals surface area contributed by atoms with E-state index in [1.54, 1.807) is 34.5 Å². The highest BCUT2D eigenvalue weighted by molar-refractivity contribution is 7.86. The van der Waals surface area contributed by atoms with E-state index in [-0.39, 0.29) is 36.9 Å². The van der Waals surface area contributed by atoms with Crippen LogP contribution in [0.5, 0.6) is 23.0 Å². The lowest BCUT2D eigenvalue weighted by molar-refractivity contribution is 0.369. The highest BCUT2D eigenvalue weighted by Gasteiger charge is 2.49. The Morgan fingerprint density at radius 3 is 1.52 bits per heavy atom. The zero-order valence-corrected chi connectivity index (χ0v) is 33.6. The van der Waals surface area contributed by atoms with Crippen molar-refractivity contribution in [3.05, 3.63) is 108 Å². The molecule has 0 aliphatic heterocycles. The highest BCUT2D eigenvalue weighted by Crippen LogP contribution is 2.59. The van der Waals surface area contributed by atoms with Gasteiger partial charge in [-0.3, -0.25) is 4.55 Å². The number of allylic oxidation sites excluding steroid dienone is 4. The average Bonchev–Trinajstić information content (AvgIpc) is 3.13. The molecule has 0 spiro atoms. The van der Waals surface area contributed by atoms with Gasteiger partial charge in [0.25, 0.3) is 10.1 Å². The molecule has 9 heteroatoms. The standard InChI is InChI=1S/C43H51O7PS/c1-26(2)29-24-32(27(3)4)42(51-37-22-11-12-23-38(37)52(44,45)46)43(25-29,28(5)6)41-30(39-33(47-7)18-14-19-34(39)48-8)16-13-17-31(41)40-35(49-9)20-15-21-36(40)50-10/h11-28,42,51H,1-10H3,(H,44,45,46). The molecule has 0 saturated carbocycles. The summed E-state index contributed by atoms with van der Waals surface area (Å²) in [4.78, 5) is -0.0703. The van der Waals surface area contributed by atoms with E-state index in [1.165, 1.54) is 17.2 Å². The molecule has 0 saturated heterocycles. The summed E-state index contributed by atoms with van der Waals surface area (Å²) in [6, 6.07) is 24.7. The lowest BCUT2D eigenvalue weighted by atomic mass is 9.59. The van der Waals surface area contributed by atoms with Gasteiger partial charge in [-0.25, -0.2) is 0 Å². The van der Waals surface area contributed by atoms with E-state index in [1.807, 2.05) is 54.6 Å². The molecule has 276 valence electrons. The molecule has 3 atom stereocenters. The van der Waals surface area contributed by atoms with Crippen molar-refractivity contribution >= 4 is 24.0 Å². The van der Waals surface area contributed by atoms with Gasteiger partial charge in [-0.1, -0.05) is 116 Å². The fraction of sp³-hybridized carbons (Fsp3) is 0.349. The van der Waals surface area contributed by atoms with Crippen LogP contribution >= 0.6 is 8.58 Å². The maximum atomic E-state index is 12.9. The topological polar surface area (TPSA) is 91.3 Å². The quantitative estimate of drug-likeness (QED) is 0.108. The Bertz CT molecular complexity index is 1980. The smallest absolute Gasteiger partial charge is 0.295 e. The van der Waals surface area contributed by atoms with E-state index in [2.05, 4.69) is 65.8 Å². The summed E-state index contributed by atoms with van der Waals surface area (Å²) in [7, 11) is 2.13. The predicted octanol–water partition coefficient (Wildman–Crippen LogP) is 9.75. The summed E-state index contributed by atoms with van der Waals surface area (Å²) in [5.41, 5.74) is 5.89. The zero-order valence-electron chi connectivity index (χ0n) is 31.8. The summed E-state index contributed by atoms with van der Waals surface area (Å²) < 4.78 is 60.4. The molecule has 0 bridgehead atoms. The first-order chi connectivity index (χ1) is 24.7. The van der Waals surface area contributed by atoms with Crippen LogP contribution in [0.1, 0.15) is 47.1 Å². The van der Waals surface area contributed by atoms with E-state index in [0.717, 1.165) is 27.8 Å². The number of ether oxygens (including phenoxy) is 4. The van der Waals surface area contributed by atoms with Crippen LogP contribution in [0, 0.1) is 17.8 Å². The molecule has 0 heterocycles. The van der Waals surface area contributed by atoms with E-state index in [4.69, 9.17) is 18.9 Å². The van der Waals surface area contributed by atoms with Crippen molar-refractivity contribution in [1.29, 1.82) is 0 Å². The van der Waals surface area contributed by atoms with Gasteiger partial charge in [-0.05, 0) is 75.7 Å². The van der Waals surface area contributed by atoms with Crippen molar-refractivity contribution in [3.8, 4) is 45.3 Å². The second-order valence-corrected chi connectivity index (χ2v) is 16.8. The van der Waals surface area contributed by atoms with Gasteiger partial charge in [0, 0.05) is 11.1 Å². The van der Waals surface area contributed by atoms with Crippen molar-refractivity contribution in [1.82, 2.24) is 0 Å². The Balaban J connectivity index is 2.07. The molecular formula is C43H51O7PS. The van der Waals surface area contributed by atoms with Crippen LogP contribution in [0.25, 0.3) is 22.3 Å². The molecule has 0 aromatic heterocycles. The first-order valence-corrected chi connectivity index (χ1v) is 20.1. The van der Waals surface area contributed by atoms with Crippen LogP contribution in [0.15, 0.2) is 107 Å². The van der Waals surface area contributed by atoms with Crippen molar-refractivity contribution in [2.24, 2.45) is 17.8 Å². The van der Waals surface area contributed by atoms with E-state index < -0.39 is 15.5 Å². The largest absolute Gasteiger partial charge is 0.496 e. The third kappa shape index (κ3) is 7.13. The minimum absolute atomic E-state index is 0.0268. The first kappa shape index (κ1) is 39.1. The lowest BCUT2D eigenvalue weighted by Gasteiger charge is -2.50. The van der Waals surface area contributed by atoms with Crippen LogP contribution in [0.4, 0.5) is 0 Å². The summed E-state index contributed by atoms with van der Waals surface area (Å²) in [6.07, 6.45) is 4.74. The molecule has 3 unspecified atom stereocenters. The fourth-order valence-electron chi connectivity index (χ4n) is 7.63. The minimum Gasteiger partial charge on any atom is -0.496 e. The van der Waals surface area contributed by atoms with Gasteiger partial charge in [0.15, 0.2) is 0 Å². The van der Waals surface area contributed by atoms with Crippen molar-refractivity contribution < 1.29 is 31.9 Å². The van der Waals surface area contributed by atoms with Gasteiger partial charge < -0.3 is 18.9 Å².